The molecule has 3 rings (SSSR count). The molecule has 10 heteroatoms. The maximum Gasteiger partial charge on any atom is 0.323 e. The Morgan fingerprint density at radius 1 is 1.08 bits per heavy atom. The number of sulfonamides is 1. The molecule has 0 saturated carbocycles. The summed E-state index contributed by atoms with van der Waals surface area (Å²) in [6.45, 7) is 0. The van der Waals surface area contributed by atoms with Gasteiger partial charge in [-0.1, -0.05) is 27.3 Å². The molecule has 3 N–H and O–H groups in total. The van der Waals surface area contributed by atoms with Crippen LogP contribution in [0.25, 0.3) is 10.2 Å². The Hall–Kier alpha value is -2.17. The first-order chi connectivity index (χ1) is 11.8. The molecule has 1 aromatic heterocycles. The van der Waals surface area contributed by atoms with Crippen molar-refractivity contribution >= 4 is 70.0 Å². The molecule has 25 heavy (non-hydrogen) atoms. The number of nitrogens with one attached hydrogen (secondary N) is 3. The van der Waals surface area contributed by atoms with Gasteiger partial charge in [0.2, 0.25) is 10.0 Å². The van der Waals surface area contributed by atoms with Gasteiger partial charge in [-0.2, -0.15) is 0 Å². The smallest absolute Gasteiger partial charge is 0.308 e. The molecule has 0 aliphatic heterocycles. The molecule has 0 atom stereocenters. The number of amides is 2. The normalized spacial score (nSPS) is 11.3. The van der Waals surface area contributed by atoms with E-state index in [4.69, 9.17) is 0 Å². The van der Waals surface area contributed by atoms with Crippen molar-refractivity contribution in [3.8, 4) is 0 Å². The molecule has 7 nitrogen and oxygen atoms in total. The third-order valence-corrected chi connectivity index (χ3v) is 5.19. The van der Waals surface area contributed by atoms with Crippen LogP contribution in [0.5, 0.6) is 0 Å². The van der Waals surface area contributed by atoms with E-state index in [-0.39, 0.29) is 11.2 Å². The second-order valence-corrected chi connectivity index (χ2v) is 8.86. The van der Waals surface area contributed by atoms with Gasteiger partial charge in [-0.15, -0.1) is 0 Å². The number of carbonyl (C=O) groups is 1. The predicted molar refractivity (Wildman–Crippen MR) is 105 cm³/mol. The Morgan fingerprint density at radius 2 is 1.72 bits per heavy atom. The minimum absolute atomic E-state index is 0.286. The van der Waals surface area contributed by atoms with Crippen molar-refractivity contribution in [2.75, 3.05) is 21.6 Å². The quantitative estimate of drug-likeness (QED) is 0.568. The van der Waals surface area contributed by atoms with Gasteiger partial charge in [0.25, 0.3) is 0 Å². The Kier molecular flexibility index (Phi) is 4.93. The summed E-state index contributed by atoms with van der Waals surface area (Å²) in [7, 11) is -3.38. The lowest BCUT2D eigenvalue weighted by Gasteiger charge is -2.07. The fourth-order valence-electron chi connectivity index (χ4n) is 2.03. The minimum atomic E-state index is -3.38. The second-order valence-electron chi connectivity index (χ2n) is 5.16. The first-order valence-corrected chi connectivity index (χ1v) is 10.5. The highest BCUT2D eigenvalue weighted by atomic mass is 79.9. The van der Waals surface area contributed by atoms with Crippen LogP contribution in [0.1, 0.15) is 0 Å². The fourth-order valence-corrected chi connectivity index (χ4v) is 3.98. The van der Waals surface area contributed by atoms with E-state index < -0.39 is 10.0 Å². The first-order valence-electron chi connectivity index (χ1n) is 7.00. The van der Waals surface area contributed by atoms with E-state index in [2.05, 4.69) is 36.3 Å². The van der Waals surface area contributed by atoms with Gasteiger partial charge in [0, 0.05) is 15.8 Å². The van der Waals surface area contributed by atoms with E-state index in [1.165, 1.54) is 11.3 Å². The molecule has 0 bridgehead atoms. The summed E-state index contributed by atoms with van der Waals surface area (Å²) in [6.07, 6.45) is 1.07. The van der Waals surface area contributed by atoms with Crippen LogP contribution in [0, 0.1) is 0 Å². The average Bonchev–Trinajstić information content (AvgIpc) is 2.88. The number of hydrogen-bond acceptors (Lipinski definition) is 5. The van der Waals surface area contributed by atoms with Crippen LogP contribution >= 0.6 is 27.3 Å². The summed E-state index contributed by atoms with van der Waals surface area (Å²) in [5.74, 6) is 0. The highest BCUT2D eigenvalue weighted by Crippen LogP contribution is 2.28. The lowest BCUT2D eigenvalue weighted by molar-refractivity contribution is 0.262. The number of thiazole rings is 1. The molecule has 0 unspecified atom stereocenters. The zero-order valence-electron chi connectivity index (χ0n) is 12.9. The highest BCUT2D eigenvalue weighted by Gasteiger charge is 2.10. The standard InChI is InChI=1S/C15H13BrN4O3S2/c1-25(22,23)20-15-19-12-8-11(6-7-13(12)24-15)18-14(21)17-10-4-2-9(16)3-5-10/h2-8H,1H3,(H,19,20)(H2,17,18,21). The van der Waals surface area contributed by atoms with Crippen molar-refractivity contribution in [2.24, 2.45) is 0 Å². The number of fused-ring (bicyclic) bond motifs is 1. The van der Waals surface area contributed by atoms with E-state index in [1.54, 1.807) is 30.3 Å². The molecular weight excluding hydrogens is 428 g/mol. The third kappa shape index (κ3) is 4.91. The molecule has 3 aromatic rings. The molecular formula is C15H13BrN4O3S2. The van der Waals surface area contributed by atoms with Gasteiger partial charge in [-0.25, -0.2) is 18.2 Å². The topological polar surface area (TPSA) is 100 Å². The monoisotopic (exact) mass is 440 g/mol. The minimum Gasteiger partial charge on any atom is -0.308 e. The number of hydrogen-bond donors (Lipinski definition) is 3. The number of halogens is 1. The molecule has 0 aliphatic rings. The number of nitrogens with zero attached hydrogens (tertiary/aromatic N) is 1. The van der Waals surface area contributed by atoms with Crippen LogP contribution in [0.3, 0.4) is 0 Å². The van der Waals surface area contributed by atoms with Crippen molar-refractivity contribution < 1.29 is 13.2 Å². The highest BCUT2D eigenvalue weighted by molar-refractivity contribution is 9.10. The van der Waals surface area contributed by atoms with E-state index >= 15 is 0 Å². The van der Waals surface area contributed by atoms with Crippen LogP contribution in [0.2, 0.25) is 0 Å². The summed E-state index contributed by atoms with van der Waals surface area (Å²) in [6, 6.07) is 12.0. The number of carbonyl (C=O) groups excluding carboxylic acids is 1. The van der Waals surface area contributed by atoms with Crippen LogP contribution in [-0.2, 0) is 10.0 Å². The molecule has 1 heterocycles. The summed E-state index contributed by atoms with van der Waals surface area (Å²) >= 11 is 4.55. The molecule has 0 radical (unpaired) electrons. The SMILES string of the molecule is CS(=O)(=O)Nc1nc2cc(NC(=O)Nc3ccc(Br)cc3)ccc2s1. The number of anilines is 3. The van der Waals surface area contributed by atoms with Crippen molar-refractivity contribution in [1.29, 1.82) is 0 Å². The van der Waals surface area contributed by atoms with Crippen molar-refractivity contribution in [2.45, 2.75) is 0 Å². The van der Waals surface area contributed by atoms with E-state index in [0.717, 1.165) is 15.4 Å². The zero-order chi connectivity index (χ0) is 18.0. The van der Waals surface area contributed by atoms with Crippen LogP contribution in [0.15, 0.2) is 46.9 Å². The van der Waals surface area contributed by atoms with E-state index in [1.807, 2.05) is 12.1 Å². The molecule has 0 fully saturated rings. The Balaban J connectivity index is 1.72. The lowest BCUT2D eigenvalue weighted by Crippen LogP contribution is -2.19. The summed E-state index contributed by atoms with van der Waals surface area (Å²) < 4.78 is 26.6. The van der Waals surface area contributed by atoms with Gasteiger partial charge in [0.05, 0.1) is 16.5 Å². The molecule has 2 amide bonds. The van der Waals surface area contributed by atoms with Crippen molar-refractivity contribution in [1.82, 2.24) is 4.98 Å². The Morgan fingerprint density at radius 3 is 2.40 bits per heavy atom. The van der Waals surface area contributed by atoms with Crippen molar-refractivity contribution in [3.05, 3.63) is 46.9 Å². The number of urea groups is 1. The fraction of sp³-hybridized carbons (Fsp3) is 0.0667. The zero-order valence-corrected chi connectivity index (χ0v) is 16.1. The summed E-state index contributed by atoms with van der Waals surface area (Å²) in [5.41, 5.74) is 1.81. The predicted octanol–water partition coefficient (Wildman–Crippen LogP) is 4.07. The van der Waals surface area contributed by atoms with Gasteiger partial charge < -0.3 is 10.6 Å². The van der Waals surface area contributed by atoms with Crippen LogP contribution in [-0.4, -0.2) is 25.7 Å². The third-order valence-electron chi connectivity index (χ3n) is 3.02. The van der Waals surface area contributed by atoms with Crippen LogP contribution in [0.4, 0.5) is 21.3 Å². The van der Waals surface area contributed by atoms with Gasteiger partial charge >= 0.3 is 6.03 Å². The summed E-state index contributed by atoms with van der Waals surface area (Å²) in [4.78, 5) is 16.3. The van der Waals surface area contributed by atoms with Gasteiger partial charge in [0.1, 0.15) is 0 Å². The van der Waals surface area contributed by atoms with Crippen LogP contribution < -0.4 is 15.4 Å². The number of rotatable bonds is 4. The molecule has 130 valence electrons. The lowest BCUT2D eigenvalue weighted by atomic mass is 10.3. The van der Waals surface area contributed by atoms with Gasteiger partial charge in [-0.05, 0) is 42.5 Å². The molecule has 0 saturated heterocycles. The first kappa shape index (κ1) is 17.6. The maximum atomic E-state index is 12.1. The second kappa shape index (κ2) is 6.98. The Labute approximate surface area is 156 Å². The maximum absolute atomic E-state index is 12.1. The average molecular weight is 441 g/mol. The molecule has 2 aromatic carbocycles. The number of aromatic nitrogens is 1. The number of benzene rings is 2. The largest absolute Gasteiger partial charge is 0.323 e. The molecule has 0 spiro atoms. The van der Waals surface area contributed by atoms with E-state index in [9.17, 15) is 13.2 Å². The summed E-state index contributed by atoms with van der Waals surface area (Å²) in [5, 5.41) is 5.73. The Bertz CT molecular complexity index is 1030. The van der Waals surface area contributed by atoms with Gasteiger partial charge in [0.15, 0.2) is 5.13 Å². The molecule has 0 aliphatic carbocycles. The van der Waals surface area contributed by atoms with E-state index in [0.29, 0.717) is 16.9 Å². The van der Waals surface area contributed by atoms with Crippen molar-refractivity contribution in [3.63, 3.8) is 0 Å². The van der Waals surface area contributed by atoms with Gasteiger partial charge in [-0.3, -0.25) is 4.72 Å².